The molecule has 0 aliphatic heterocycles. The summed E-state index contributed by atoms with van der Waals surface area (Å²) in [5, 5.41) is 0.976. The van der Waals surface area contributed by atoms with Gasteiger partial charge in [-0.2, -0.15) is 0 Å². The summed E-state index contributed by atoms with van der Waals surface area (Å²) in [7, 11) is 0. The van der Waals surface area contributed by atoms with Crippen LogP contribution in [0.25, 0.3) is 10.9 Å². The maximum Gasteiger partial charge on any atom is 0.140 e. The van der Waals surface area contributed by atoms with E-state index in [4.69, 9.17) is 22.7 Å². The molecule has 1 aliphatic rings. The average molecular weight is 272 g/mol. The maximum atomic E-state index is 5.96. The lowest BCUT2D eigenvalue weighted by Gasteiger charge is -2.13. The van der Waals surface area contributed by atoms with E-state index >= 15 is 0 Å². The lowest BCUT2D eigenvalue weighted by molar-refractivity contribution is 0.305. The van der Waals surface area contributed by atoms with Crippen LogP contribution in [0.15, 0.2) is 30.5 Å². The van der Waals surface area contributed by atoms with Gasteiger partial charge in [-0.25, -0.2) is 0 Å². The maximum absolute atomic E-state index is 5.96. The van der Waals surface area contributed by atoms with Gasteiger partial charge in [-0.15, -0.1) is 0 Å². The topological polar surface area (TPSA) is 48.1 Å². The van der Waals surface area contributed by atoms with E-state index in [1.807, 2.05) is 24.3 Å². The van der Waals surface area contributed by atoms with Gasteiger partial charge in [-0.1, -0.05) is 37.2 Å². The third-order valence-electron chi connectivity index (χ3n) is 3.46. The Balaban J connectivity index is 1.95. The Labute approximate surface area is 117 Å². The Morgan fingerprint density at radius 3 is 2.89 bits per heavy atom. The lowest BCUT2D eigenvalue weighted by atomic mass is 10.1. The highest BCUT2D eigenvalue weighted by molar-refractivity contribution is 7.80. The number of ether oxygens (including phenoxy) is 1. The van der Waals surface area contributed by atoms with Crippen molar-refractivity contribution in [2.24, 2.45) is 11.7 Å². The largest absolute Gasteiger partial charge is 0.492 e. The Hall–Kier alpha value is -1.68. The predicted molar refractivity (Wildman–Crippen MR) is 80.5 cm³/mol. The molecule has 0 radical (unpaired) electrons. The van der Waals surface area contributed by atoms with Crippen LogP contribution in [0.2, 0.25) is 0 Å². The van der Waals surface area contributed by atoms with Crippen molar-refractivity contribution in [1.29, 1.82) is 0 Å². The summed E-state index contributed by atoms with van der Waals surface area (Å²) < 4.78 is 5.96. The van der Waals surface area contributed by atoms with Gasteiger partial charge in [0.15, 0.2) is 0 Å². The van der Waals surface area contributed by atoms with Gasteiger partial charge >= 0.3 is 0 Å². The molecule has 0 bridgehead atoms. The molecule has 19 heavy (non-hydrogen) atoms. The standard InChI is InChI=1S/C15H16N2OS/c16-15(19)12-9-17-13-4-2-1-3-11(13)14(12)18-8-7-10-5-6-10/h1-4,9-10H,5-8H2,(H2,16,19). The summed E-state index contributed by atoms with van der Waals surface area (Å²) in [6.07, 6.45) is 5.48. The number of nitrogens with two attached hydrogens (primary N) is 1. The molecule has 0 atom stereocenters. The van der Waals surface area contributed by atoms with Gasteiger partial charge in [-0.3, -0.25) is 4.98 Å². The smallest absolute Gasteiger partial charge is 0.140 e. The highest BCUT2D eigenvalue weighted by Crippen LogP contribution is 2.33. The molecule has 4 heteroatoms. The molecule has 1 aliphatic carbocycles. The number of hydrogen-bond acceptors (Lipinski definition) is 3. The van der Waals surface area contributed by atoms with Crippen molar-refractivity contribution in [3.05, 3.63) is 36.0 Å². The molecule has 0 spiro atoms. The van der Waals surface area contributed by atoms with Gasteiger partial charge in [0, 0.05) is 11.6 Å². The van der Waals surface area contributed by atoms with E-state index in [9.17, 15) is 0 Å². The van der Waals surface area contributed by atoms with E-state index in [0.717, 1.165) is 34.6 Å². The third kappa shape index (κ3) is 2.68. The highest BCUT2D eigenvalue weighted by atomic mass is 32.1. The van der Waals surface area contributed by atoms with E-state index in [2.05, 4.69) is 4.98 Å². The molecule has 2 N–H and O–H groups in total. The Bertz CT molecular complexity index is 623. The summed E-state index contributed by atoms with van der Waals surface area (Å²) in [4.78, 5) is 4.70. The monoisotopic (exact) mass is 272 g/mol. The van der Waals surface area contributed by atoms with Gasteiger partial charge in [0.2, 0.25) is 0 Å². The van der Waals surface area contributed by atoms with Crippen LogP contribution in [0, 0.1) is 5.92 Å². The zero-order valence-electron chi connectivity index (χ0n) is 10.6. The van der Waals surface area contributed by atoms with Crippen LogP contribution in [-0.2, 0) is 0 Å². The zero-order chi connectivity index (χ0) is 13.2. The molecule has 1 heterocycles. The number of benzene rings is 1. The number of aromatic nitrogens is 1. The van der Waals surface area contributed by atoms with Crippen LogP contribution in [-0.4, -0.2) is 16.6 Å². The fraction of sp³-hybridized carbons (Fsp3) is 0.333. The highest BCUT2D eigenvalue weighted by Gasteiger charge is 2.21. The molecule has 98 valence electrons. The van der Waals surface area contributed by atoms with Crippen molar-refractivity contribution in [1.82, 2.24) is 4.98 Å². The van der Waals surface area contributed by atoms with Gasteiger partial charge in [0.25, 0.3) is 0 Å². The minimum atomic E-state index is 0.333. The summed E-state index contributed by atoms with van der Waals surface area (Å²) >= 11 is 5.08. The number of fused-ring (bicyclic) bond motifs is 1. The molecule has 2 aromatic rings. The predicted octanol–water partition coefficient (Wildman–Crippen LogP) is 3.05. The fourth-order valence-electron chi connectivity index (χ4n) is 2.18. The van der Waals surface area contributed by atoms with E-state index < -0.39 is 0 Å². The first-order chi connectivity index (χ1) is 9.25. The molecule has 0 unspecified atom stereocenters. The SMILES string of the molecule is NC(=S)c1cnc2ccccc2c1OCCC1CC1. The van der Waals surface area contributed by atoms with Crippen molar-refractivity contribution in [2.45, 2.75) is 19.3 Å². The molecule has 1 saturated carbocycles. The lowest BCUT2D eigenvalue weighted by Crippen LogP contribution is -2.13. The molecule has 0 saturated heterocycles. The van der Waals surface area contributed by atoms with Crippen LogP contribution in [0.3, 0.4) is 0 Å². The van der Waals surface area contributed by atoms with Gasteiger partial charge in [0.1, 0.15) is 10.7 Å². The second-order valence-electron chi connectivity index (χ2n) is 4.96. The Kier molecular flexibility index (Phi) is 3.34. The molecule has 0 amide bonds. The first kappa shape index (κ1) is 12.4. The summed E-state index contributed by atoms with van der Waals surface area (Å²) in [6, 6.07) is 7.90. The van der Waals surface area contributed by atoms with Crippen LogP contribution in [0.5, 0.6) is 5.75 Å². The second kappa shape index (κ2) is 5.13. The summed E-state index contributed by atoms with van der Waals surface area (Å²) in [5.74, 6) is 1.63. The van der Waals surface area contributed by atoms with E-state index in [0.29, 0.717) is 11.6 Å². The molecule has 3 rings (SSSR count). The van der Waals surface area contributed by atoms with Gasteiger partial charge < -0.3 is 10.5 Å². The Morgan fingerprint density at radius 1 is 1.37 bits per heavy atom. The molecule has 1 fully saturated rings. The number of thiocarbonyl (C=S) groups is 1. The molecule has 1 aromatic carbocycles. The quantitative estimate of drug-likeness (QED) is 0.850. The normalized spacial score (nSPS) is 14.5. The minimum Gasteiger partial charge on any atom is -0.492 e. The van der Waals surface area contributed by atoms with Crippen LogP contribution in [0.1, 0.15) is 24.8 Å². The van der Waals surface area contributed by atoms with Gasteiger partial charge in [-0.05, 0) is 24.5 Å². The zero-order valence-corrected chi connectivity index (χ0v) is 11.5. The van der Waals surface area contributed by atoms with Crippen molar-refractivity contribution >= 4 is 28.1 Å². The third-order valence-corrected chi connectivity index (χ3v) is 3.68. The average Bonchev–Trinajstić information content (AvgIpc) is 3.22. The molecular formula is C15H16N2OS. The van der Waals surface area contributed by atoms with Gasteiger partial charge in [0.05, 0.1) is 17.7 Å². The van der Waals surface area contributed by atoms with Crippen molar-refractivity contribution in [3.8, 4) is 5.75 Å². The van der Waals surface area contributed by atoms with Crippen LogP contribution < -0.4 is 10.5 Å². The van der Waals surface area contributed by atoms with E-state index in [1.54, 1.807) is 6.20 Å². The number of pyridine rings is 1. The van der Waals surface area contributed by atoms with Crippen LogP contribution in [0.4, 0.5) is 0 Å². The number of hydrogen-bond donors (Lipinski definition) is 1. The summed E-state index contributed by atoms with van der Waals surface area (Å²) in [5.41, 5.74) is 7.39. The number of nitrogens with zero attached hydrogens (tertiary/aromatic N) is 1. The first-order valence-electron chi connectivity index (χ1n) is 6.56. The minimum absolute atomic E-state index is 0.333. The second-order valence-corrected chi connectivity index (χ2v) is 5.40. The molecule has 3 nitrogen and oxygen atoms in total. The first-order valence-corrected chi connectivity index (χ1v) is 6.97. The van der Waals surface area contributed by atoms with E-state index in [1.165, 1.54) is 12.8 Å². The van der Waals surface area contributed by atoms with Crippen LogP contribution >= 0.6 is 12.2 Å². The Morgan fingerprint density at radius 2 is 2.16 bits per heavy atom. The molecule has 1 aromatic heterocycles. The number of para-hydroxylation sites is 1. The van der Waals surface area contributed by atoms with Crippen molar-refractivity contribution in [2.75, 3.05) is 6.61 Å². The fourth-order valence-corrected chi connectivity index (χ4v) is 2.33. The summed E-state index contributed by atoms with van der Waals surface area (Å²) in [6.45, 7) is 0.717. The van der Waals surface area contributed by atoms with Crippen molar-refractivity contribution < 1.29 is 4.74 Å². The number of rotatable bonds is 5. The molecular weight excluding hydrogens is 256 g/mol. The van der Waals surface area contributed by atoms with Crippen molar-refractivity contribution in [3.63, 3.8) is 0 Å². The van der Waals surface area contributed by atoms with E-state index in [-0.39, 0.29) is 0 Å².